The number of carbonyl (C=O) groups excluding carboxylic acids is 1. The molecule has 4 atom stereocenters. The van der Waals surface area contributed by atoms with Gasteiger partial charge in [-0.3, -0.25) is 0 Å². The second-order valence-electron chi connectivity index (χ2n) is 6.23. The van der Waals surface area contributed by atoms with Crippen LogP contribution in [-0.2, 0) is 9.53 Å². The van der Waals surface area contributed by atoms with Gasteiger partial charge in [0.1, 0.15) is 6.10 Å². The number of rotatable bonds is 0. The fraction of sp³-hybridized carbons (Fsp3) is 0.667. The lowest BCUT2D eigenvalue weighted by atomic mass is 9.81. The van der Waals surface area contributed by atoms with E-state index in [1.165, 1.54) is 11.1 Å². The number of ether oxygens (including phenoxy) is 1. The number of carbonyl (C=O) groups is 1. The van der Waals surface area contributed by atoms with Gasteiger partial charge >= 0.3 is 5.97 Å². The van der Waals surface area contributed by atoms with E-state index in [4.69, 9.17) is 4.74 Å². The lowest BCUT2D eigenvalue weighted by molar-refractivity contribution is -0.139. The van der Waals surface area contributed by atoms with Crippen LogP contribution in [0.2, 0.25) is 0 Å². The van der Waals surface area contributed by atoms with Crippen molar-refractivity contribution in [1.29, 1.82) is 0 Å². The van der Waals surface area contributed by atoms with Gasteiger partial charge in [-0.2, -0.15) is 0 Å². The summed E-state index contributed by atoms with van der Waals surface area (Å²) >= 11 is 0. The molecule has 0 spiro atoms. The summed E-state index contributed by atoms with van der Waals surface area (Å²) < 4.78 is 5.41. The van der Waals surface area contributed by atoms with Crippen LogP contribution in [0.5, 0.6) is 0 Å². The van der Waals surface area contributed by atoms with Crippen molar-refractivity contribution in [3.05, 3.63) is 23.3 Å². The van der Waals surface area contributed by atoms with Crippen LogP contribution >= 0.6 is 0 Å². The maximum Gasteiger partial charge on any atom is 0.334 e. The minimum Gasteiger partial charge on any atom is -0.458 e. The Morgan fingerprint density at radius 2 is 2.22 bits per heavy atom. The summed E-state index contributed by atoms with van der Waals surface area (Å²) in [5.41, 5.74) is 2.64. The standard InChI is InChI=1S/C15H20O3/c1-8-6-13-11(9(2)14(16)18-13)7-12-10(8)4-5-15(12,3)17/h11-13,17H,2,4-7H2,1,3H3/t11?,12?,13-,15-/m1/s1. The Labute approximate surface area is 108 Å². The number of hydrogen-bond donors (Lipinski definition) is 1. The Kier molecular flexibility index (Phi) is 2.46. The van der Waals surface area contributed by atoms with Crippen LogP contribution in [0.4, 0.5) is 0 Å². The van der Waals surface area contributed by atoms with E-state index in [0.717, 1.165) is 25.7 Å². The number of aliphatic hydroxyl groups is 1. The molecule has 1 heterocycles. The minimum absolute atomic E-state index is 0.0566. The molecule has 98 valence electrons. The molecule has 1 aliphatic heterocycles. The van der Waals surface area contributed by atoms with Crippen LogP contribution in [-0.4, -0.2) is 22.8 Å². The van der Waals surface area contributed by atoms with Crippen molar-refractivity contribution in [2.75, 3.05) is 0 Å². The quantitative estimate of drug-likeness (QED) is 0.406. The molecule has 3 aliphatic rings. The molecule has 2 fully saturated rings. The Morgan fingerprint density at radius 3 is 2.94 bits per heavy atom. The number of hydrogen-bond acceptors (Lipinski definition) is 3. The summed E-state index contributed by atoms with van der Waals surface area (Å²) in [6, 6.07) is 0. The van der Waals surface area contributed by atoms with Crippen molar-refractivity contribution >= 4 is 5.97 Å². The zero-order chi connectivity index (χ0) is 13.1. The predicted octanol–water partition coefficient (Wildman–Crippen LogP) is 2.36. The van der Waals surface area contributed by atoms with E-state index in [2.05, 4.69) is 13.5 Å². The van der Waals surface area contributed by atoms with Gasteiger partial charge in [0, 0.05) is 23.8 Å². The maximum absolute atomic E-state index is 11.6. The molecule has 3 heteroatoms. The highest BCUT2D eigenvalue weighted by atomic mass is 16.6. The second kappa shape index (κ2) is 3.70. The SMILES string of the molecule is C=C1C(=O)O[C@@H]2CC(C)=C3CC[C@@](C)(O)C3CC12. The molecular weight excluding hydrogens is 228 g/mol. The predicted molar refractivity (Wildman–Crippen MR) is 67.8 cm³/mol. The summed E-state index contributed by atoms with van der Waals surface area (Å²) in [4.78, 5) is 11.6. The average molecular weight is 248 g/mol. The van der Waals surface area contributed by atoms with Gasteiger partial charge in [0.15, 0.2) is 0 Å². The molecule has 2 unspecified atom stereocenters. The monoisotopic (exact) mass is 248 g/mol. The van der Waals surface area contributed by atoms with Crippen molar-refractivity contribution in [1.82, 2.24) is 0 Å². The third-order valence-corrected chi connectivity index (χ3v) is 5.03. The molecule has 0 bridgehead atoms. The highest BCUT2D eigenvalue weighted by Gasteiger charge is 2.49. The number of fused-ring (bicyclic) bond motifs is 2. The normalized spacial score (nSPS) is 43.6. The van der Waals surface area contributed by atoms with E-state index in [1.54, 1.807) is 0 Å². The Hall–Kier alpha value is -1.09. The van der Waals surface area contributed by atoms with Gasteiger partial charge < -0.3 is 9.84 Å². The second-order valence-corrected chi connectivity index (χ2v) is 6.23. The molecule has 0 amide bonds. The van der Waals surface area contributed by atoms with Crippen LogP contribution in [0.3, 0.4) is 0 Å². The molecule has 18 heavy (non-hydrogen) atoms. The third kappa shape index (κ3) is 1.57. The summed E-state index contributed by atoms with van der Waals surface area (Å²) in [6.45, 7) is 7.90. The van der Waals surface area contributed by atoms with Crippen molar-refractivity contribution in [3.8, 4) is 0 Å². The van der Waals surface area contributed by atoms with Crippen molar-refractivity contribution in [3.63, 3.8) is 0 Å². The molecule has 0 aromatic heterocycles. The number of esters is 1. The van der Waals surface area contributed by atoms with Gasteiger partial charge in [0.25, 0.3) is 0 Å². The lowest BCUT2D eigenvalue weighted by Crippen LogP contribution is -2.31. The van der Waals surface area contributed by atoms with Gasteiger partial charge in [-0.05, 0) is 33.1 Å². The third-order valence-electron chi connectivity index (χ3n) is 5.03. The van der Waals surface area contributed by atoms with Crippen LogP contribution < -0.4 is 0 Å². The smallest absolute Gasteiger partial charge is 0.334 e. The molecule has 1 saturated heterocycles. The fourth-order valence-electron chi connectivity index (χ4n) is 3.85. The first kappa shape index (κ1) is 12.0. The minimum atomic E-state index is -0.641. The average Bonchev–Trinajstić information content (AvgIpc) is 2.65. The van der Waals surface area contributed by atoms with Gasteiger partial charge in [-0.1, -0.05) is 17.7 Å². The molecule has 2 aliphatic carbocycles. The van der Waals surface area contributed by atoms with Crippen LogP contribution in [0.15, 0.2) is 23.3 Å². The molecule has 0 radical (unpaired) electrons. The largest absolute Gasteiger partial charge is 0.458 e. The van der Waals surface area contributed by atoms with Crippen LogP contribution in [0.25, 0.3) is 0 Å². The van der Waals surface area contributed by atoms with Gasteiger partial charge in [0.05, 0.1) is 5.60 Å². The van der Waals surface area contributed by atoms with E-state index in [-0.39, 0.29) is 23.9 Å². The Morgan fingerprint density at radius 1 is 1.50 bits per heavy atom. The highest BCUT2D eigenvalue weighted by molar-refractivity contribution is 5.90. The molecular formula is C15H20O3. The van der Waals surface area contributed by atoms with E-state index in [9.17, 15) is 9.90 Å². The summed E-state index contributed by atoms with van der Waals surface area (Å²) in [7, 11) is 0. The van der Waals surface area contributed by atoms with Crippen LogP contribution in [0.1, 0.15) is 39.5 Å². The summed E-state index contributed by atoms with van der Waals surface area (Å²) in [6.07, 6.45) is 3.34. The van der Waals surface area contributed by atoms with E-state index >= 15 is 0 Å². The van der Waals surface area contributed by atoms with Crippen molar-refractivity contribution < 1.29 is 14.6 Å². The van der Waals surface area contributed by atoms with Gasteiger partial charge in [-0.15, -0.1) is 0 Å². The van der Waals surface area contributed by atoms with Gasteiger partial charge in [0.2, 0.25) is 0 Å². The first-order valence-corrected chi connectivity index (χ1v) is 6.71. The first-order valence-electron chi connectivity index (χ1n) is 6.71. The topological polar surface area (TPSA) is 46.5 Å². The lowest BCUT2D eigenvalue weighted by Gasteiger charge is -2.28. The van der Waals surface area contributed by atoms with Crippen molar-refractivity contribution in [2.45, 2.75) is 51.2 Å². The molecule has 0 aromatic carbocycles. The van der Waals surface area contributed by atoms with Crippen LogP contribution in [0, 0.1) is 11.8 Å². The Balaban J connectivity index is 1.99. The first-order chi connectivity index (χ1) is 8.40. The summed E-state index contributed by atoms with van der Waals surface area (Å²) in [5.74, 6) is -0.00263. The van der Waals surface area contributed by atoms with E-state index in [0.29, 0.717) is 5.57 Å². The molecule has 1 saturated carbocycles. The van der Waals surface area contributed by atoms with E-state index < -0.39 is 5.60 Å². The highest BCUT2D eigenvalue weighted by Crippen LogP contribution is 2.50. The molecule has 0 aromatic rings. The molecule has 1 N–H and O–H groups in total. The zero-order valence-electron chi connectivity index (χ0n) is 11.0. The zero-order valence-corrected chi connectivity index (χ0v) is 11.0. The molecule has 3 rings (SSSR count). The fourth-order valence-corrected chi connectivity index (χ4v) is 3.85. The van der Waals surface area contributed by atoms with Gasteiger partial charge in [-0.25, -0.2) is 4.79 Å². The van der Waals surface area contributed by atoms with Crippen molar-refractivity contribution in [2.24, 2.45) is 11.8 Å². The maximum atomic E-state index is 11.6. The van der Waals surface area contributed by atoms with E-state index in [1.807, 2.05) is 6.92 Å². The Bertz CT molecular complexity index is 458. The molecule has 3 nitrogen and oxygen atoms in total. The summed E-state index contributed by atoms with van der Waals surface area (Å²) in [5, 5.41) is 10.5.